The molecule has 238 valence electrons. The molecule has 0 amide bonds. The molecule has 3 aromatic carbocycles. The number of esters is 2. The highest BCUT2D eigenvalue weighted by Gasteiger charge is 2.26. The van der Waals surface area contributed by atoms with Crippen molar-refractivity contribution in [3.8, 4) is 22.8 Å². The Balaban J connectivity index is 0.000000168. The van der Waals surface area contributed by atoms with Crippen molar-refractivity contribution in [1.82, 2.24) is 19.1 Å². The highest BCUT2D eigenvalue weighted by Crippen LogP contribution is 2.41. The van der Waals surface area contributed by atoms with E-state index in [1.54, 1.807) is 13.8 Å². The summed E-state index contributed by atoms with van der Waals surface area (Å²) in [5.41, 5.74) is 4.80. The van der Waals surface area contributed by atoms with Crippen molar-refractivity contribution in [2.24, 2.45) is 14.1 Å². The number of benzene rings is 3. The highest BCUT2D eigenvalue weighted by molar-refractivity contribution is 9.10. The zero-order valence-electron chi connectivity index (χ0n) is 26.1. The molecule has 11 heteroatoms. The van der Waals surface area contributed by atoms with E-state index in [4.69, 9.17) is 9.47 Å². The lowest BCUT2D eigenvalue weighted by Gasteiger charge is -2.11. The van der Waals surface area contributed by atoms with Crippen LogP contribution in [0.5, 0.6) is 11.5 Å². The molecule has 0 unspecified atom stereocenters. The molecule has 0 fully saturated rings. The molecule has 0 atom stereocenters. The fourth-order valence-corrected chi connectivity index (χ4v) is 6.57. The molecule has 2 N–H and O–H groups in total. The Bertz CT molecular complexity index is 2330. The number of fused-ring (bicyclic) bond motifs is 6. The van der Waals surface area contributed by atoms with E-state index < -0.39 is 11.9 Å². The van der Waals surface area contributed by atoms with Gasteiger partial charge in [0.2, 0.25) is 0 Å². The van der Waals surface area contributed by atoms with Crippen LogP contribution < -0.4 is 0 Å². The molecule has 0 saturated carbocycles. The molecule has 47 heavy (non-hydrogen) atoms. The van der Waals surface area contributed by atoms with Crippen LogP contribution in [0.15, 0.2) is 83.5 Å². The first kappa shape index (κ1) is 31.6. The van der Waals surface area contributed by atoms with Gasteiger partial charge in [-0.1, -0.05) is 66.7 Å². The number of halogens is 1. The second-order valence-electron chi connectivity index (χ2n) is 10.7. The first-order chi connectivity index (χ1) is 22.7. The maximum absolute atomic E-state index is 12.4. The van der Waals surface area contributed by atoms with E-state index in [1.165, 1.54) is 0 Å². The van der Waals surface area contributed by atoms with Crippen molar-refractivity contribution in [2.75, 3.05) is 13.2 Å². The first-order valence-corrected chi connectivity index (χ1v) is 15.7. The normalized spacial score (nSPS) is 11.2. The van der Waals surface area contributed by atoms with Crippen molar-refractivity contribution in [2.45, 2.75) is 13.8 Å². The minimum Gasteiger partial charge on any atom is -0.505 e. The maximum Gasteiger partial charge on any atom is 0.360 e. The van der Waals surface area contributed by atoms with Crippen LogP contribution in [0.1, 0.15) is 34.8 Å². The van der Waals surface area contributed by atoms with E-state index >= 15 is 0 Å². The van der Waals surface area contributed by atoms with Crippen molar-refractivity contribution >= 4 is 71.5 Å². The molecule has 4 aromatic heterocycles. The number of para-hydroxylation sites is 2. The van der Waals surface area contributed by atoms with Crippen molar-refractivity contribution in [3.05, 3.63) is 94.9 Å². The van der Waals surface area contributed by atoms with Gasteiger partial charge in [-0.15, -0.1) is 0 Å². The second kappa shape index (κ2) is 12.8. The van der Waals surface area contributed by atoms with Crippen LogP contribution in [0, 0.1) is 0 Å². The molecule has 0 spiro atoms. The van der Waals surface area contributed by atoms with Gasteiger partial charge in [-0.3, -0.25) is 0 Å². The lowest BCUT2D eigenvalue weighted by molar-refractivity contribution is 0.0506. The number of ether oxygens (including phenoxy) is 2. The fourth-order valence-electron chi connectivity index (χ4n) is 5.92. The molecule has 7 aromatic rings. The summed E-state index contributed by atoms with van der Waals surface area (Å²) < 4.78 is 14.5. The van der Waals surface area contributed by atoms with Crippen molar-refractivity contribution in [1.29, 1.82) is 0 Å². The first-order valence-electron chi connectivity index (χ1n) is 14.9. The summed E-state index contributed by atoms with van der Waals surface area (Å²) in [7, 11) is 3.82. The molecule has 0 aliphatic carbocycles. The smallest absolute Gasteiger partial charge is 0.360 e. The number of nitrogens with zero attached hydrogens (tertiary/aromatic N) is 4. The van der Waals surface area contributed by atoms with Crippen LogP contribution in [-0.4, -0.2) is 54.5 Å². The molecular weight excluding hydrogens is 664 g/mol. The molecule has 4 heterocycles. The summed E-state index contributed by atoms with van der Waals surface area (Å²) in [5.74, 6) is -1.55. The number of carbonyl (C=O) groups is 2. The van der Waals surface area contributed by atoms with E-state index in [1.807, 2.05) is 102 Å². The highest BCUT2D eigenvalue weighted by atomic mass is 79.9. The third kappa shape index (κ3) is 5.32. The van der Waals surface area contributed by atoms with E-state index in [0.717, 1.165) is 38.4 Å². The van der Waals surface area contributed by atoms with Gasteiger partial charge < -0.3 is 28.8 Å². The van der Waals surface area contributed by atoms with Crippen molar-refractivity contribution in [3.63, 3.8) is 0 Å². The number of aryl methyl sites for hydroxylation is 2. The Kier molecular flexibility index (Phi) is 8.57. The van der Waals surface area contributed by atoms with Crippen LogP contribution in [0.4, 0.5) is 0 Å². The number of hydrogen-bond acceptors (Lipinski definition) is 8. The summed E-state index contributed by atoms with van der Waals surface area (Å²) in [4.78, 5) is 33.0. The predicted octanol–water partition coefficient (Wildman–Crippen LogP) is 7.65. The Labute approximate surface area is 277 Å². The fraction of sp³-hybridized carbons (Fsp3) is 0.167. The Morgan fingerprint density at radius 1 is 0.681 bits per heavy atom. The lowest BCUT2D eigenvalue weighted by atomic mass is 10.1. The quantitative estimate of drug-likeness (QED) is 0.139. The van der Waals surface area contributed by atoms with Crippen LogP contribution in [0.3, 0.4) is 0 Å². The van der Waals surface area contributed by atoms with Gasteiger partial charge in [0.1, 0.15) is 4.60 Å². The van der Waals surface area contributed by atoms with Gasteiger partial charge >= 0.3 is 11.9 Å². The monoisotopic (exact) mass is 694 g/mol. The molecule has 10 nitrogen and oxygen atoms in total. The van der Waals surface area contributed by atoms with E-state index in [2.05, 4.69) is 25.9 Å². The largest absolute Gasteiger partial charge is 0.505 e. The molecule has 0 bridgehead atoms. The zero-order chi connectivity index (χ0) is 33.4. The summed E-state index contributed by atoms with van der Waals surface area (Å²) >= 11 is 3.38. The van der Waals surface area contributed by atoms with Gasteiger partial charge in [-0.05, 0) is 41.9 Å². The minimum atomic E-state index is -0.634. The Hall–Kier alpha value is -5.42. The number of rotatable bonds is 5. The van der Waals surface area contributed by atoms with Gasteiger partial charge in [0.05, 0.1) is 40.7 Å². The number of pyridine rings is 2. The van der Waals surface area contributed by atoms with Gasteiger partial charge in [0.25, 0.3) is 0 Å². The topological polar surface area (TPSA) is 129 Å². The SMILES string of the molecule is CCOC(=O)c1nc(-c2ccccc2)c2c(c1O)c1ccccc1n2C.CCOC(=O)c1nc(Br)c2c(c1O)c1ccccc1n2C. The molecule has 0 aliphatic rings. The number of aromatic hydroxyl groups is 2. The molecular formula is C36H31BrN4O6. The van der Waals surface area contributed by atoms with Gasteiger partial charge in [-0.2, -0.15) is 0 Å². The maximum atomic E-state index is 12.4. The van der Waals surface area contributed by atoms with Crippen LogP contribution >= 0.6 is 15.9 Å². The average molecular weight is 696 g/mol. The number of carbonyl (C=O) groups excluding carboxylic acids is 2. The standard InChI is InChI=1S/C21H18N2O3.C15H13BrN2O3/c1-3-26-21(25)18-20(24)16-14-11-7-8-12-15(14)23(2)19(16)17(22-18)13-9-5-4-6-10-13;1-3-21-15(20)11-13(19)10-8-6-4-5-7-9(8)18(2)12(10)14(16)17-11/h4-12,24H,3H2,1-2H3;4-7,19H,3H2,1-2H3. The van der Waals surface area contributed by atoms with E-state index in [-0.39, 0.29) is 36.1 Å². The van der Waals surface area contributed by atoms with Gasteiger partial charge in [0.15, 0.2) is 22.9 Å². The zero-order valence-corrected chi connectivity index (χ0v) is 27.7. The van der Waals surface area contributed by atoms with Crippen LogP contribution in [0.2, 0.25) is 0 Å². The number of aromatic nitrogens is 4. The van der Waals surface area contributed by atoms with Crippen LogP contribution in [0.25, 0.3) is 54.9 Å². The summed E-state index contributed by atoms with van der Waals surface area (Å²) in [6.07, 6.45) is 0. The van der Waals surface area contributed by atoms with Crippen LogP contribution in [-0.2, 0) is 23.6 Å². The molecule has 0 saturated heterocycles. The number of hydrogen-bond donors (Lipinski definition) is 2. The third-order valence-electron chi connectivity index (χ3n) is 7.97. The summed E-state index contributed by atoms with van der Waals surface area (Å²) in [6.45, 7) is 3.88. The average Bonchev–Trinajstić information content (AvgIpc) is 3.56. The minimum absolute atomic E-state index is 0.0606. The molecule has 7 rings (SSSR count). The van der Waals surface area contributed by atoms with E-state index in [9.17, 15) is 19.8 Å². The Morgan fingerprint density at radius 3 is 1.66 bits per heavy atom. The molecule has 0 radical (unpaired) electrons. The predicted molar refractivity (Wildman–Crippen MR) is 185 cm³/mol. The molecule has 0 aliphatic heterocycles. The lowest BCUT2D eigenvalue weighted by Crippen LogP contribution is -2.09. The van der Waals surface area contributed by atoms with Gasteiger partial charge in [-0.25, -0.2) is 19.6 Å². The summed E-state index contributed by atoms with van der Waals surface area (Å²) in [6, 6.07) is 25.1. The van der Waals surface area contributed by atoms with E-state index in [0.29, 0.717) is 21.1 Å². The van der Waals surface area contributed by atoms with Gasteiger partial charge in [0, 0.05) is 41.5 Å². The third-order valence-corrected chi connectivity index (χ3v) is 8.53. The second-order valence-corrected chi connectivity index (χ2v) is 11.4. The Morgan fingerprint density at radius 2 is 1.13 bits per heavy atom. The van der Waals surface area contributed by atoms with Crippen molar-refractivity contribution < 1.29 is 29.3 Å². The summed E-state index contributed by atoms with van der Waals surface area (Å²) in [5, 5.41) is 24.3.